The van der Waals surface area contributed by atoms with Crippen LogP contribution < -0.4 is 4.74 Å². The van der Waals surface area contributed by atoms with E-state index in [2.05, 4.69) is 57.9 Å². The Morgan fingerprint density at radius 3 is 2.10 bits per heavy atom. The van der Waals surface area contributed by atoms with Crippen molar-refractivity contribution in [3.8, 4) is 18.1 Å². The lowest BCUT2D eigenvalue weighted by atomic mass is 9.64. The van der Waals surface area contributed by atoms with Crippen molar-refractivity contribution in [3.63, 3.8) is 0 Å². The first-order valence-electron chi connectivity index (χ1n) is 6.88. The number of hydrogen-bond acceptors (Lipinski definition) is 1. The van der Waals surface area contributed by atoms with Crippen LogP contribution in [0.4, 0.5) is 0 Å². The second-order valence-electron chi connectivity index (χ2n) is 6.45. The highest BCUT2D eigenvalue weighted by Crippen LogP contribution is 2.41. The number of terminal acetylenes is 1. The monoisotopic (exact) mass is 266 g/mol. The Balaban J connectivity index is 2.60. The van der Waals surface area contributed by atoms with E-state index in [1.54, 1.807) is 7.11 Å². The van der Waals surface area contributed by atoms with Gasteiger partial charge < -0.3 is 4.74 Å². The van der Waals surface area contributed by atoms with E-state index in [0.717, 1.165) is 5.75 Å². The van der Waals surface area contributed by atoms with Crippen molar-refractivity contribution < 1.29 is 4.74 Å². The molecule has 104 valence electrons. The van der Waals surface area contributed by atoms with E-state index >= 15 is 0 Å². The number of rotatable bonds is 2. The Bertz CT molecular complexity index is 670. The van der Waals surface area contributed by atoms with Crippen molar-refractivity contribution in [1.82, 2.24) is 0 Å². The van der Waals surface area contributed by atoms with E-state index in [1.165, 1.54) is 16.3 Å². The number of fused-ring (bicyclic) bond motifs is 1. The Hall–Kier alpha value is -1.94. The van der Waals surface area contributed by atoms with Gasteiger partial charge in [0.1, 0.15) is 5.75 Å². The molecule has 1 nitrogen and oxygen atoms in total. The molecule has 0 spiro atoms. The van der Waals surface area contributed by atoms with Crippen LogP contribution in [0.5, 0.6) is 5.75 Å². The van der Waals surface area contributed by atoms with Gasteiger partial charge in [0.05, 0.1) is 12.5 Å². The third-order valence-electron chi connectivity index (χ3n) is 4.41. The maximum absolute atomic E-state index is 5.84. The predicted molar refractivity (Wildman–Crippen MR) is 86.1 cm³/mol. The summed E-state index contributed by atoms with van der Waals surface area (Å²) in [6.45, 7) is 8.69. The van der Waals surface area contributed by atoms with Crippen LogP contribution in [0.2, 0.25) is 0 Å². The molecule has 1 atom stereocenters. The van der Waals surface area contributed by atoms with Gasteiger partial charge in [-0.25, -0.2) is 0 Å². The summed E-state index contributed by atoms with van der Waals surface area (Å²) in [6, 6.07) is 12.6. The first-order valence-corrected chi connectivity index (χ1v) is 6.88. The second kappa shape index (κ2) is 4.87. The third kappa shape index (κ3) is 2.27. The fourth-order valence-electron chi connectivity index (χ4n) is 2.39. The van der Waals surface area contributed by atoms with Crippen LogP contribution in [0.25, 0.3) is 10.8 Å². The Morgan fingerprint density at radius 2 is 1.55 bits per heavy atom. The molecule has 0 aliphatic heterocycles. The van der Waals surface area contributed by atoms with Gasteiger partial charge in [-0.2, -0.15) is 0 Å². The van der Waals surface area contributed by atoms with Crippen LogP contribution in [0.3, 0.4) is 0 Å². The molecule has 0 saturated carbocycles. The van der Waals surface area contributed by atoms with Gasteiger partial charge in [0.25, 0.3) is 0 Å². The summed E-state index contributed by atoms with van der Waals surface area (Å²) >= 11 is 0. The molecule has 0 aromatic heterocycles. The van der Waals surface area contributed by atoms with E-state index in [0.29, 0.717) is 0 Å². The lowest BCUT2D eigenvalue weighted by Gasteiger charge is -2.38. The van der Waals surface area contributed by atoms with Crippen LogP contribution >= 0.6 is 0 Å². The molecule has 2 aromatic rings. The Morgan fingerprint density at radius 1 is 0.950 bits per heavy atom. The topological polar surface area (TPSA) is 9.23 Å². The quantitative estimate of drug-likeness (QED) is 0.710. The van der Waals surface area contributed by atoms with E-state index in [-0.39, 0.29) is 10.8 Å². The number of methoxy groups -OCH3 is 1. The van der Waals surface area contributed by atoms with Gasteiger partial charge in [0, 0.05) is 0 Å². The van der Waals surface area contributed by atoms with E-state index in [4.69, 9.17) is 11.2 Å². The zero-order chi connectivity index (χ0) is 15.0. The summed E-state index contributed by atoms with van der Waals surface area (Å²) in [6.07, 6.45) is 5.84. The summed E-state index contributed by atoms with van der Waals surface area (Å²) in [7, 11) is 1.69. The van der Waals surface area contributed by atoms with Crippen LogP contribution in [0.15, 0.2) is 36.4 Å². The molecular formula is C19H22O. The lowest BCUT2D eigenvalue weighted by Crippen LogP contribution is -2.35. The molecule has 0 radical (unpaired) electrons. The average Bonchev–Trinajstić information content (AvgIpc) is 2.43. The highest BCUT2D eigenvalue weighted by atomic mass is 16.5. The normalized spacial score (nSPS) is 14.6. The van der Waals surface area contributed by atoms with Crippen molar-refractivity contribution in [1.29, 1.82) is 0 Å². The highest BCUT2D eigenvalue weighted by Gasteiger charge is 2.37. The Kier molecular flexibility index (Phi) is 3.52. The lowest BCUT2D eigenvalue weighted by molar-refractivity contribution is 0.270. The third-order valence-corrected chi connectivity index (χ3v) is 4.41. The van der Waals surface area contributed by atoms with E-state index in [1.807, 2.05) is 12.1 Å². The minimum atomic E-state index is -0.291. The molecule has 0 bridgehead atoms. The maximum atomic E-state index is 5.84. The van der Waals surface area contributed by atoms with Gasteiger partial charge in [-0.1, -0.05) is 44.9 Å². The molecule has 0 heterocycles. The van der Waals surface area contributed by atoms with Gasteiger partial charge in [-0.05, 0) is 46.9 Å². The molecule has 0 amide bonds. The smallest absolute Gasteiger partial charge is 0.119 e. The minimum absolute atomic E-state index is 0.00188. The molecular weight excluding hydrogens is 244 g/mol. The molecule has 1 unspecified atom stereocenters. The summed E-state index contributed by atoms with van der Waals surface area (Å²) in [5.74, 6) is 3.87. The van der Waals surface area contributed by atoms with E-state index in [9.17, 15) is 0 Å². The molecule has 0 aliphatic carbocycles. The van der Waals surface area contributed by atoms with Crippen LogP contribution in [-0.4, -0.2) is 7.11 Å². The average molecular weight is 266 g/mol. The van der Waals surface area contributed by atoms with Gasteiger partial charge in [-0.15, -0.1) is 6.42 Å². The van der Waals surface area contributed by atoms with Crippen molar-refractivity contribution >= 4 is 10.8 Å². The summed E-state index contributed by atoms with van der Waals surface area (Å²) in [5.41, 5.74) is 0.897. The molecule has 1 heteroatoms. The van der Waals surface area contributed by atoms with Crippen LogP contribution in [0, 0.1) is 17.8 Å². The molecule has 0 N–H and O–H groups in total. The van der Waals surface area contributed by atoms with Gasteiger partial charge in [0.15, 0.2) is 0 Å². The van der Waals surface area contributed by atoms with Gasteiger partial charge in [0.2, 0.25) is 0 Å². The van der Waals surface area contributed by atoms with Crippen molar-refractivity contribution in [2.75, 3.05) is 7.11 Å². The maximum Gasteiger partial charge on any atom is 0.119 e. The first-order chi connectivity index (χ1) is 9.31. The predicted octanol–water partition coefficient (Wildman–Crippen LogP) is 4.79. The summed E-state index contributed by atoms with van der Waals surface area (Å²) < 4.78 is 5.26. The van der Waals surface area contributed by atoms with Crippen molar-refractivity contribution in [3.05, 3.63) is 42.0 Å². The molecule has 0 saturated heterocycles. The molecule has 2 aromatic carbocycles. The number of hydrogen-bond donors (Lipinski definition) is 0. The second-order valence-corrected chi connectivity index (χ2v) is 6.45. The van der Waals surface area contributed by atoms with Gasteiger partial charge >= 0.3 is 0 Å². The number of benzene rings is 2. The fourth-order valence-corrected chi connectivity index (χ4v) is 2.39. The largest absolute Gasteiger partial charge is 0.497 e. The summed E-state index contributed by atoms with van der Waals surface area (Å²) in [4.78, 5) is 0. The van der Waals surface area contributed by atoms with Crippen molar-refractivity contribution in [2.45, 2.75) is 33.1 Å². The standard InChI is InChI=1S/C19H22O/c1-7-19(5,18(2,3)4)16-10-8-15-13-17(20-6)11-9-14(15)12-16/h1,8-13H,2-6H3. The van der Waals surface area contributed by atoms with Gasteiger partial charge in [-0.3, -0.25) is 0 Å². The van der Waals surface area contributed by atoms with E-state index < -0.39 is 0 Å². The summed E-state index contributed by atoms with van der Waals surface area (Å²) in [5, 5.41) is 2.36. The van der Waals surface area contributed by atoms with Crippen LogP contribution in [0.1, 0.15) is 33.3 Å². The molecule has 0 fully saturated rings. The highest BCUT2D eigenvalue weighted by molar-refractivity contribution is 5.85. The number of ether oxygens (including phenoxy) is 1. The first kappa shape index (κ1) is 14.5. The molecule has 0 aliphatic rings. The van der Waals surface area contributed by atoms with Crippen LogP contribution in [-0.2, 0) is 5.41 Å². The molecule has 2 rings (SSSR count). The Labute approximate surface area is 122 Å². The fraction of sp³-hybridized carbons (Fsp3) is 0.368. The zero-order valence-electron chi connectivity index (χ0n) is 12.9. The zero-order valence-corrected chi connectivity index (χ0v) is 12.9. The molecule has 20 heavy (non-hydrogen) atoms. The minimum Gasteiger partial charge on any atom is -0.497 e. The SMILES string of the molecule is C#CC(C)(c1ccc2cc(OC)ccc2c1)C(C)(C)C. The van der Waals surface area contributed by atoms with Crippen molar-refractivity contribution in [2.24, 2.45) is 5.41 Å².